The molecule has 1 N–H and O–H groups in total. The lowest BCUT2D eigenvalue weighted by atomic mass is 9.96. The van der Waals surface area contributed by atoms with Crippen molar-refractivity contribution in [3.8, 4) is 5.75 Å². The lowest BCUT2D eigenvalue weighted by Crippen LogP contribution is -2.39. The van der Waals surface area contributed by atoms with Crippen molar-refractivity contribution < 1.29 is 14.3 Å². The van der Waals surface area contributed by atoms with Crippen molar-refractivity contribution in [3.05, 3.63) is 47.5 Å². The Hall–Kier alpha value is -2.96. The normalized spacial score (nSPS) is 16.5. The second-order valence-corrected chi connectivity index (χ2v) is 6.94. The summed E-state index contributed by atoms with van der Waals surface area (Å²) in [6, 6.07) is 7.13. The van der Waals surface area contributed by atoms with Crippen LogP contribution in [0.5, 0.6) is 5.75 Å². The van der Waals surface area contributed by atoms with Gasteiger partial charge in [0, 0.05) is 37.3 Å². The first kappa shape index (κ1) is 19.8. The second-order valence-electron chi connectivity index (χ2n) is 6.94. The van der Waals surface area contributed by atoms with Gasteiger partial charge in [-0.05, 0) is 44.0 Å². The zero-order chi connectivity index (χ0) is 20.1. The number of carbonyl (C=O) groups is 2. The number of aryl methyl sites for hydroxylation is 1. The Labute approximate surface area is 165 Å². The quantitative estimate of drug-likeness (QED) is 0.859. The Balaban J connectivity index is 1.70. The lowest BCUT2D eigenvalue weighted by molar-refractivity contribution is -0.132. The molecular formula is C21H26N4O3. The highest BCUT2D eigenvalue weighted by Gasteiger charge is 2.26. The largest absolute Gasteiger partial charge is 0.497 e. The molecule has 1 aromatic heterocycles. The summed E-state index contributed by atoms with van der Waals surface area (Å²) in [7, 11) is 1.60. The van der Waals surface area contributed by atoms with Gasteiger partial charge in [0.15, 0.2) is 0 Å². The fourth-order valence-corrected chi connectivity index (χ4v) is 3.42. The number of nitrogens with zero attached hydrogens (tertiary/aromatic N) is 3. The molecular weight excluding hydrogens is 356 g/mol. The second kappa shape index (κ2) is 8.82. The number of methoxy groups -OCH3 is 1. The van der Waals surface area contributed by atoms with E-state index in [0.29, 0.717) is 35.7 Å². The van der Waals surface area contributed by atoms with Gasteiger partial charge in [-0.2, -0.15) is 0 Å². The smallest absolute Gasteiger partial charge is 0.259 e. The van der Waals surface area contributed by atoms with Crippen LogP contribution in [0, 0.1) is 6.92 Å². The van der Waals surface area contributed by atoms with Gasteiger partial charge < -0.3 is 15.0 Å². The number of benzene rings is 1. The molecule has 2 heterocycles. The molecule has 0 spiro atoms. The van der Waals surface area contributed by atoms with Crippen molar-refractivity contribution in [2.24, 2.45) is 0 Å². The summed E-state index contributed by atoms with van der Waals surface area (Å²) < 4.78 is 5.12. The molecule has 2 amide bonds. The summed E-state index contributed by atoms with van der Waals surface area (Å²) in [6.07, 6.45) is 3.98. The van der Waals surface area contributed by atoms with Gasteiger partial charge in [0.1, 0.15) is 11.6 Å². The van der Waals surface area contributed by atoms with Gasteiger partial charge in [0.2, 0.25) is 5.91 Å². The van der Waals surface area contributed by atoms with Gasteiger partial charge in [-0.1, -0.05) is 6.92 Å². The van der Waals surface area contributed by atoms with Crippen LogP contribution in [0.4, 0.5) is 5.69 Å². The van der Waals surface area contributed by atoms with E-state index in [1.165, 1.54) is 0 Å². The Morgan fingerprint density at radius 1 is 1.29 bits per heavy atom. The zero-order valence-electron chi connectivity index (χ0n) is 16.6. The Bertz CT molecular complexity index is 851. The minimum atomic E-state index is -0.249. The highest BCUT2D eigenvalue weighted by molar-refractivity contribution is 6.04. The minimum Gasteiger partial charge on any atom is -0.497 e. The summed E-state index contributed by atoms with van der Waals surface area (Å²) >= 11 is 0. The number of likely N-dealkylation sites (tertiary alicyclic amines) is 1. The topological polar surface area (TPSA) is 84.4 Å². The lowest BCUT2D eigenvalue weighted by Gasteiger charge is -2.32. The van der Waals surface area contributed by atoms with E-state index >= 15 is 0 Å². The third-order valence-electron chi connectivity index (χ3n) is 5.03. The molecule has 1 atom stereocenters. The van der Waals surface area contributed by atoms with Crippen molar-refractivity contribution in [1.82, 2.24) is 14.9 Å². The van der Waals surface area contributed by atoms with Crippen molar-refractivity contribution in [3.63, 3.8) is 0 Å². The van der Waals surface area contributed by atoms with E-state index in [0.717, 1.165) is 25.1 Å². The van der Waals surface area contributed by atoms with E-state index < -0.39 is 0 Å². The number of piperidine rings is 1. The van der Waals surface area contributed by atoms with Crippen molar-refractivity contribution in [2.75, 3.05) is 25.5 Å². The summed E-state index contributed by atoms with van der Waals surface area (Å²) in [6.45, 7) is 5.13. The molecule has 28 heavy (non-hydrogen) atoms. The third kappa shape index (κ3) is 4.47. The van der Waals surface area contributed by atoms with Crippen LogP contribution in [0.1, 0.15) is 54.0 Å². The summed E-state index contributed by atoms with van der Waals surface area (Å²) in [4.78, 5) is 35.5. The Morgan fingerprint density at radius 2 is 2.04 bits per heavy atom. The van der Waals surface area contributed by atoms with Crippen LogP contribution in [0.15, 0.2) is 30.5 Å². The van der Waals surface area contributed by atoms with Crippen LogP contribution in [0.25, 0.3) is 0 Å². The van der Waals surface area contributed by atoms with Crippen LogP contribution >= 0.6 is 0 Å². The molecule has 0 unspecified atom stereocenters. The molecule has 3 rings (SSSR count). The molecule has 0 saturated carbocycles. The van der Waals surface area contributed by atoms with Crippen molar-refractivity contribution >= 4 is 17.5 Å². The van der Waals surface area contributed by atoms with E-state index in [1.54, 1.807) is 37.6 Å². The predicted molar refractivity (Wildman–Crippen MR) is 107 cm³/mol. The number of hydrogen-bond donors (Lipinski definition) is 1. The van der Waals surface area contributed by atoms with E-state index in [4.69, 9.17) is 4.74 Å². The number of ether oxygens (including phenoxy) is 1. The molecule has 2 aromatic rings. The molecule has 1 saturated heterocycles. The number of hydrogen-bond acceptors (Lipinski definition) is 5. The number of nitrogens with one attached hydrogen (secondary N) is 1. The number of carbonyl (C=O) groups excluding carboxylic acids is 2. The Kier molecular flexibility index (Phi) is 6.23. The number of rotatable bonds is 5. The summed E-state index contributed by atoms with van der Waals surface area (Å²) in [5.74, 6) is 1.45. The minimum absolute atomic E-state index is 0.113. The molecule has 0 radical (unpaired) electrons. The van der Waals surface area contributed by atoms with Crippen LogP contribution in [0.2, 0.25) is 0 Å². The maximum absolute atomic E-state index is 12.6. The molecule has 148 valence electrons. The van der Waals surface area contributed by atoms with E-state index in [1.807, 2.05) is 18.7 Å². The van der Waals surface area contributed by atoms with Crippen LogP contribution in [-0.2, 0) is 4.79 Å². The average molecular weight is 382 g/mol. The van der Waals surface area contributed by atoms with Gasteiger partial charge in [-0.3, -0.25) is 9.59 Å². The fourth-order valence-electron chi connectivity index (χ4n) is 3.42. The monoisotopic (exact) mass is 382 g/mol. The van der Waals surface area contributed by atoms with E-state index in [-0.39, 0.29) is 17.7 Å². The number of anilines is 1. The molecule has 1 aliphatic rings. The van der Waals surface area contributed by atoms with Crippen molar-refractivity contribution in [1.29, 1.82) is 0 Å². The van der Waals surface area contributed by atoms with E-state index in [9.17, 15) is 9.59 Å². The fraction of sp³-hybridized carbons (Fsp3) is 0.429. The summed E-state index contributed by atoms with van der Waals surface area (Å²) in [5.41, 5.74) is 1.75. The first-order valence-electron chi connectivity index (χ1n) is 9.58. The standard InChI is InChI=1S/C21H26N4O3/c1-4-19(26)25-11-5-6-15(13-25)20-22-12-18(14(2)23-20)21(27)24-16-7-9-17(28-3)10-8-16/h7-10,12,15H,4-6,11,13H2,1-3H3,(H,24,27)/t15-/m1/s1. The average Bonchev–Trinajstić information content (AvgIpc) is 2.73. The molecule has 1 aromatic carbocycles. The number of aromatic nitrogens is 2. The molecule has 7 nitrogen and oxygen atoms in total. The highest BCUT2D eigenvalue weighted by atomic mass is 16.5. The predicted octanol–water partition coefficient (Wildman–Crippen LogP) is 3.16. The van der Waals surface area contributed by atoms with Crippen LogP contribution in [0.3, 0.4) is 0 Å². The molecule has 1 fully saturated rings. The first-order chi connectivity index (χ1) is 13.5. The van der Waals surface area contributed by atoms with Crippen LogP contribution < -0.4 is 10.1 Å². The molecule has 0 bridgehead atoms. The maximum Gasteiger partial charge on any atom is 0.259 e. The maximum atomic E-state index is 12.6. The van der Waals surface area contributed by atoms with Gasteiger partial charge in [0.25, 0.3) is 5.91 Å². The number of amides is 2. The Morgan fingerprint density at radius 3 is 2.68 bits per heavy atom. The van der Waals surface area contributed by atoms with Gasteiger partial charge >= 0.3 is 0 Å². The highest BCUT2D eigenvalue weighted by Crippen LogP contribution is 2.25. The molecule has 1 aliphatic heterocycles. The summed E-state index contributed by atoms with van der Waals surface area (Å²) in [5, 5.41) is 2.85. The SMILES string of the molecule is CCC(=O)N1CCC[C@@H](c2ncc(C(=O)Nc3ccc(OC)cc3)c(C)n2)C1. The van der Waals surface area contributed by atoms with E-state index in [2.05, 4.69) is 15.3 Å². The van der Waals surface area contributed by atoms with Crippen LogP contribution in [-0.4, -0.2) is 46.9 Å². The zero-order valence-corrected chi connectivity index (χ0v) is 16.6. The van der Waals surface area contributed by atoms with Gasteiger partial charge in [-0.25, -0.2) is 9.97 Å². The molecule has 7 heteroatoms. The van der Waals surface area contributed by atoms with Crippen molar-refractivity contribution in [2.45, 2.75) is 39.0 Å². The van der Waals surface area contributed by atoms with Gasteiger partial charge in [-0.15, -0.1) is 0 Å². The molecule has 0 aliphatic carbocycles. The third-order valence-corrected chi connectivity index (χ3v) is 5.03. The first-order valence-corrected chi connectivity index (χ1v) is 9.58. The van der Waals surface area contributed by atoms with Gasteiger partial charge in [0.05, 0.1) is 18.4 Å².